The highest BCUT2D eigenvalue weighted by molar-refractivity contribution is 5.82. The first-order valence-corrected chi connectivity index (χ1v) is 18.5. The average Bonchev–Trinajstić information content (AvgIpc) is 3.50. The van der Waals surface area contributed by atoms with Crippen LogP contribution in [-0.4, -0.2) is 68.6 Å². The molecule has 0 spiro atoms. The van der Waals surface area contributed by atoms with Crippen LogP contribution in [0.25, 0.3) is 11.1 Å². The van der Waals surface area contributed by atoms with Gasteiger partial charge in [-0.2, -0.15) is 0 Å². The van der Waals surface area contributed by atoms with Gasteiger partial charge >= 0.3 is 18.0 Å². The second-order valence-electron chi connectivity index (χ2n) is 14.6. The van der Waals surface area contributed by atoms with Crippen molar-refractivity contribution in [2.75, 3.05) is 34.0 Å². The van der Waals surface area contributed by atoms with Crippen LogP contribution >= 0.6 is 0 Å². The number of benzene rings is 4. The maximum absolute atomic E-state index is 14.1. The van der Waals surface area contributed by atoms with Gasteiger partial charge in [-0.15, -0.1) is 0 Å². The molecule has 10 nitrogen and oxygen atoms in total. The van der Waals surface area contributed by atoms with Gasteiger partial charge in [-0.1, -0.05) is 66.7 Å². The van der Waals surface area contributed by atoms with Crippen LogP contribution in [-0.2, 0) is 30.2 Å². The van der Waals surface area contributed by atoms with Crippen molar-refractivity contribution in [1.29, 1.82) is 0 Å². The molecule has 4 aromatic rings. The van der Waals surface area contributed by atoms with Crippen molar-refractivity contribution in [3.63, 3.8) is 0 Å². The first kappa shape index (κ1) is 38.2. The number of carbonyl (C=O) groups is 3. The fraction of sp³-hybridized carbons (Fsp3) is 0.386. The monoisotopic (exact) mass is 735 g/mol. The summed E-state index contributed by atoms with van der Waals surface area (Å²) < 4.78 is 34.4. The van der Waals surface area contributed by atoms with E-state index in [1.54, 1.807) is 53.2 Å². The molecule has 1 heterocycles. The lowest BCUT2D eigenvalue weighted by molar-refractivity contribution is -0.157. The van der Waals surface area contributed by atoms with Gasteiger partial charge in [0.05, 0.1) is 14.2 Å². The average molecular weight is 736 g/mol. The Morgan fingerprint density at radius 3 is 2.20 bits per heavy atom. The van der Waals surface area contributed by atoms with Gasteiger partial charge in [0.15, 0.2) is 18.1 Å². The number of carbonyl (C=O) groups excluding carboxylic acids is 3. The topological polar surface area (TPSA) is 110 Å². The molecular weight excluding hydrogens is 686 g/mol. The van der Waals surface area contributed by atoms with E-state index in [9.17, 15) is 14.4 Å². The number of likely N-dealkylation sites (tertiary alicyclic amines) is 1. The van der Waals surface area contributed by atoms with Gasteiger partial charge < -0.3 is 28.4 Å². The molecule has 1 saturated heterocycles. The summed E-state index contributed by atoms with van der Waals surface area (Å²) in [5.41, 5.74) is 5.54. The van der Waals surface area contributed by atoms with Crippen LogP contribution in [0.1, 0.15) is 80.7 Å². The van der Waals surface area contributed by atoms with Gasteiger partial charge in [-0.3, -0.25) is 4.90 Å². The van der Waals surface area contributed by atoms with Crippen LogP contribution in [0.2, 0.25) is 0 Å². The van der Waals surface area contributed by atoms with E-state index in [1.165, 1.54) is 4.90 Å². The van der Waals surface area contributed by atoms with E-state index < -0.39 is 35.8 Å². The number of nitrogens with zero attached hydrogens (tertiary/aromatic N) is 1. The highest BCUT2D eigenvalue weighted by Crippen LogP contribution is 2.44. The third-order valence-electron chi connectivity index (χ3n) is 9.75. The van der Waals surface area contributed by atoms with Crippen molar-refractivity contribution in [1.82, 2.24) is 4.90 Å². The van der Waals surface area contributed by atoms with Crippen LogP contribution in [0.15, 0.2) is 91.0 Å². The summed E-state index contributed by atoms with van der Waals surface area (Å²) in [4.78, 5) is 41.7. The Kier molecular flexibility index (Phi) is 12.1. The molecule has 0 bridgehead atoms. The molecule has 0 radical (unpaired) electrons. The second kappa shape index (κ2) is 17.1. The summed E-state index contributed by atoms with van der Waals surface area (Å²) in [5, 5.41) is 0. The fourth-order valence-corrected chi connectivity index (χ4v) is 7.24. The third-order valence-corrected chi connectivity index (χ3v) is 9.75. The number of methoxy groups -OCH3 is 2. The Hall–Kier alpha value is -5.51. The predicted molar refractivity (Wildman–Crippen MR) is 204 cm³/mol. The quantitative estimate of drug-likeness (QED) is 0.0987. The van der Waals surface area contributed by atoms with Crippen molar-refractivity contribution in [2.24, 2.45) is 0 Å². The number of rotatable bonds is 13. The molecule has 284 valence electrons. The Labute approximate surface area is 317 Å². The molecule has 1 amide bonds. The molecule has 2 atom stereocenters. The smallest absolute Gasteiger partial charge is 0.410 e. The van der Waals surface area contributed by atoms with E-state index in [1.807, 2.05) is 48.5 Å². The van der Waals surface area contributed by atoms with Crippen molar-refractivity contribution in [3.8, 4) is 28.4 Å². The minimum atomic E-state index is -0.801. The Morgan fingerprint density at radius 1 is 0.815 bits per heavy atom. The summed E-state index contributed by atoms with van der Waals surface area (Å²) in [6.45, 7) is 5.67. The summed E-state index contributed by atoms with van der Waals surface area (Å²) in [6, 6.07) is 28.4. The predicted octanol–water partition coefficient (Wildman–Crippen LogP) is 8.45. The van der Waals surface area contributed by atoms with Gasteiger partial charge in [0.1, 0.15) is 30.1 Å². The van der Waals surface area contributed by atoms with E-state index >= 15 is 0 Å². The molecule has 1 aliphatic heterocycles. The molecule has 1 fully saturated rings. The zero-order chi connectivity index (χ0) is 38.2. The normalized spacial score (nSPS) is 15.7. The van der Waals surface area contributed by atoms with E-state index in [0.717, 1.165) is 40.7 Å². The molecule has 1 aliphatic carbocycles. The molecule has 0 unspecified atom stereocenters. The Morgan fingerprint density at radius 2 is 1.52 bits per heavy atom. The van der Waals surface area contributed by atoms with Crippen LogP contribution < -0.4 is 14.2 Å². The van der Waals surface area contributed by atoms with Crippen LogP contribution in [0.3, 0.4) is 0 Å². The Bertz CT molecular complexity index is 1900. The van der Waals surface area contributed by atoms with Crippen LogP contribution in [0.5, 0.6) is 17.2 Å². The second-order valence-corrected chi connectivity index (χ2v) is 14.6. The molecule has 54 heavy (non-hydrogen) atoms. The first-order chi connectivity index (χ1) is 26.0. The first-order valence-electron chi connectivity index (χ1n) is 18.5. The highest BCUT2D eigenvalue weighted by atomic mass is 16.6. The number of hydrogen-bond acceptors (Lipinski definition) is 9. The van der Waals surface area contributed by atoms with Crippen molar-refractivity contribution < 1.29 is 42.8 Å². The maximum Gasteiger partial charge on any atom is 0.410 e. The molecule has 10 heteroatoms. The van der Waals surface area contributed by atoms with Crippen molar-refractivity contribution in [2.45, 2.75) is 76.5 Å². The van der Waals surface area contributed by atoms with E-state index in [2.05, 4.69) is 24.3 Å². The van der Waals surface area contributed by atoms with E-state index in [4.69, 9.17) is 28.4 Å². The molecule has 0 N–H and O–H groups in total. The number of hydrogen-bond donors (Lipinski definition) is 0. The zero-order valence-corrected chi connectivity index (χ0v) is 31.7. The largest absolute Gasteiger partial charge is 0.493 e. The zero-order valence-electron chi connectivity index (χ0n) is 31.7. The molecule has 0 aromatic heterocycles. The minimum absolute atomic E-state index is 0.0951. The maximum atomic E-state index is 14.1. The summed E-state index contributed by atoms with van der Waals surface area (Å²) in [7, 11) is 3.17. The lowest BCUT2D eigenvalue weighted by Gasteiger charge is -2.34. The molecule has 4 aromatic carbocycles. The number of ether oxygens (including phenoxy) is 6. The lowest BCUT2D eigenvalue weighted by atomic mass is 9.98. The molecule has 0 saturated carbocycles. The Balaban J connectivity index is 1.18. The fourth-order valence-electron chi connectivity index (χ4n) is 7.24. The van der Waals surface area contributed by atoms with Crippen LogP contribution in [0.4, 0.5) is 4.79 Å². The van der Waals surface area contributed by atoms with Gasteiger partial charge in [0.25, 0.3) is 0 Å². The number of fused-ring (bicyclic) bond motifs is 3. The molecule has 6 rings (SSSR count). The van der Waals surface area contributed by atoms with Gasteiger partial charge in [0.2, 0.25) is 0 Å². The lowest BCUT2D eigenvalue weighted by Crippen LogP contribution is -2.49. The van der Waals surface area contributed by atoms with E-state index in [-0.39, 0.29) is 19.1 Å². The number of aryl methyl sites for hydroxylation is 1. The SMILES string of the molecule is COc1ccc(CC[C@H](OC(=O)[C@@H]2CCCCN2C(=O)OCC2c3ccccc3-c3ccccc32)c2cccc(OCC(=O)OC(C)(C)C)c2)cc1OC. The number of esters is 2. The highest BCUT2D eigenvalue weighted by Gasteiger charge is 2.37. The summed E-state index contributed by atoms with van der Waals surface area (Å²) in [6.07, 6.45) is 1.74. The van der Waals surface area contributed by atoms with Gasteiger partial charge in [-0.05, 0) is 111 Å². The standard InChI is InChI=1S/C44H49NO9/c1-44(2,3)54-41(46)28-51-31-14-12-13-30(26-31)38(22-20-29-21-23-39(49-4)40(25-29)50-5)53-42(47)37-19-10-11-24-45(37)43(48)52-27-36-34-17-8-6-15-32(34)33-16-7-9-18-35(33)36/h6-9,12-18,21,23,25-26,36-38H,10-11,19-20,22,24,27-28H2,1-5H3/t37-,38-/m0/s1. The van der Waals surface area contributed by atoms with Crippen LogP contribution in [0, 0.1) is 0 Å². The molecule has 2 aliphatic rings. The summed E-state index contributed by atoms with van der Waals surface area (Å²) in [5.74, 6) is 0.563. The third kappa shape index (κ3) is 9.16. The minimum Gasteiger partial charge on any atom is -0.493 e. The number of piperidine rings is 1. The van der Waals surface area contributed by atoms with Crippen molar-refractivity contribution in [3.05, 3.63) is 113 Å². The van der Waals surface area contributed by atoms with Crippen molar-refractivity contribution >= 4 is 18.0 Å². The number of amides is 1. The van der Waals surface area contributed by atoms with Gasteiger partial charge in [-0.25, -0.2) is 14.4 Å². The summed E-state index contributed by atoms with van der Waals surface area (Å²) >= 11 is 0. The van der Waals surface area contributed by atoms with E-state index in [0.29, 0.717) is 48.6 Å². The van der Waals surface area contributed by atoms with Gasteiger partial charge in [0, 0.05) is 12.5 Å². The molecular formula is C44H49NO9.